The predicted octanol–water partition coefficient (Wildman–Crippen LogP) is 2.80. The van der Waals surface area contributed by atoms with Crippen LogP contribution in [-0.4, -0.2) is 83.3 Å². The van der Waals surface area contributed by atoms with E-state index in [1.165, 1.54) is 0 Å². The maximum absolute atomic E-state index is 13.6. The van der Waals surface area contributed by atoms with Crippen LogP contribution in [0.1, 0.15) is 29.8 Å². The number of carbonyl (C=O) groups is 2. The van der Waals surface area contributed by atoms with E-state index in [9.17, 15) is 14.7 Å². The summed E-state index contributed by atoms with van der Waals surface area (Å²) in [4.78, 5) is 36.5. The number of amides is 3. The molecule has 0 aliphatic carbocycles. The lowest BCUT2D eigenvalue weighted by atomic mass is 9.88. The van der Waals surface area contributed by atoms with E-state index in [1.807, 2.05) is 75.6 Å². The van der Waals surface area contributed by atoms with Crippen molar-refractivity contribution in [3.63, 3.8) is 0 Å². The molecule has 192 valence electrons. The zero-order valence-corrected chi connectivity index (χ0v) is 21.5. The molecule has 2 aliphatic rings. The monoisotopic (exact) mass is 513 g/mol. The van der Waals surface area contributed by atoms with Gasteiger partial charge in [-0.15, -0.1) is 11.6 Å². The van der Waals surface area contributed by atoms with E-state index in [1.54, 1.807) is 4.90 Å². The van der Waals surface area contributed by atoms with Crippen LogP contribution in [0.5, 0.6) is 5.75 Å². The van der Waals surface area contributed by atoms with Crippen molar-refractivity contribution in [2.45, 2.75) is 37.0 Å². The Bertz CT molecular complexity index is 1130. The second kappa shape index (κ2) is 10.9. The van der Waals surface area contributed by atoms with Crippen molar-refractivity contribution in [3.8, 4) is 5.75 Å². The lowest BCUT2D eigenvalue weighted by molar-refractivity contribution is -0.138. The number of likely N-dealkylation sites (N-methyl/N-ethyl adjacent to an activating group) is 1. The van der Waals surface area contributed by atoms with Gasteiger partial charge in [-0.1, -0.05) is 42.5 Å². The van der Waals surface area contributed by atoms with E-state index in [0.29, 0.717) is 5.75 Å². The summed E-state index contributed by atoms with van der Waals surface area (Å²) in [6.45, 7) is 2.80. The van der Waals surface area contributed by atoms with E-state index in [-0.39, 0.29) is 32.1 Å². The molecule has 2 aromatic carbocycles. The van der Waals surface area contributed by atoms with Gasteiger partial charge in [0.1, 0.15) is 11.1 Å². The number of hydrogen-bond acceptors (Lipinski definition) is 7. The van der Waals surface area contributed by atoms with E-state index in [2.05, 4.69) is 15.2 Å². The SMILES string of the molecule is CCN1C(=O)N(CCCO)C(=O)C2N=C(Oc3cccc(CN(C)C)c3)NC21C(Cl)c1ccccc1. The Morgan fingerprint density at radius 1 is 1.19 bits per heavy atom. The van der Waals surface area contributed by atoms with Gasteiger partial charge in [-0.25, -0.2) is 9.79 Å². The summed E-state index contributed by atoms with van der Waals surface area (Å²) in [6, 6.07) is 15.5. The quantitative estimate of drug-likeness (QED) is 0.500. The molecule has 1 fully saturated rings. The summed E-state index contributed by atoms with van der Waals surface area (Å²) < 4.78 is 6.11. The van der Waals surface area contributed by atoms with Gasteiger partial charge in [0.05, 0.1) is 0 Å². The van der Waals surface area contributed by atoms with E-state index in [0.717, 1.165) is 22.6 Å². The summed E-state index contributed by atoms with van der Waals surface area (Å²) >= 11 is 7.08. The van der Waals surface area contributed by atoms with Crippen molar-refractivity contribution in [2.75, 3.05) is 33.8 Å². The summed E-state index contributed by atoms with van der Waals surface area (Å²) in [5.41, 5.74) is 0.432. The number of alkyl halides is 1. The third kappa shape index (κ3) is 4.78. The fourth-order valence-electron chi connectivity index (χ4n) is 4.77. The molecular weight excluding hydrogens is 482 g/mol. The lowest BCUT2D eigenvalue weighted by Crippen LogP contribution is -2.75. The highest BCUT2D eigenvalue weighted by atomic mass is 35.5. The summed E-state index contributed by atoms with van der Waals surface area (Å²) in [5, 5.41) is 11.7. The molecule has 2 heterocycles. The fraction of sp³-hybridized carbons (Fsp3) is 0.423. The number of halogens is 1. The highest BCUT2D eigenvalue weighted by molar-refractivity contribution is 6.23. The van der Waals surface area contributed by atoms with Crippen LogP contribution in [-0.2, 0) is 11.3 Å². The van der Waals surface area contributed by atoms with Crippen molar-refractivity contribution in [3.05, 3.63) is 65.7 Å². The Kier molecular flexibility index (Phi) is 7.82. The Hall–Kier alpha value is -3.14. The first kappa shape index (κ1) is 25.9. The summed E-state index contributed by atoms with van der Waals surface area (Å²) in [7, 11) is 3.97. The van der Waals surface area contributed by atoms with Crippen molar-refractivity contribution in [1.82, 2.24) is 20.0 Å². The van der Waals surface area contributed by atoms with Crippen LogP contribution in [0.25, 0.3) is 0 Å². The maximum Gasteiger partial charge on any atom is 0.328 e. The van der Waals surface area contributed by atoms with Crippen molar-refractivity contribution in [1.29, 1.82) is 0 Å². The van der Waals surface area contributed by atoms with Gasteiger partial charge in [0.2, 0.25) is 0 Å². The topological polar surface area (TPSA) is 97.7 Å². The van der Waals surface area contributed by atoms with Gasteiger partial charge >= 0.3 is 6.03 Å². The smallest absolute Gasteiger partial charge is 0.328 e. The Morgan fingerprint density at radius 2 is 1.94 bits per heavy atom. The zero-order valence-electron chi connectivity index (χ0n) is 20.7. The van der Waals surface area contributed by atoms with Gasteiger partial charge in [0.25, 0.3) is 11.9 Å². The van der Waals surface area contributed by atoms with Crippen LogP contribution in [0, 0.1) is 0 Å². The van der Waals surface area contributed by atoms with Gasteiger partial charge in [-0.05, 0) is 50.7 Å². The number of carbonyl (C=O) groups excluding carboxylic acids is 2. The number of aliphatic hydroxyl groups excluding tert-OH is 1. The van der Waals surface area contributed by atoms with Crippen LogP contribution in [0.3, 0.4) is 0 Å². The first-order chi connectivity index (χ1) is 17.3. The van der Waals surface area contributed by atoms with Crippen molar-refractivity contribution in [2.24, 2.45) is 4.99 Å². The predicted molar refractivity (Wildman–Crippen MR) is 138 cm³/mol. The number of nitrogens with zero attached hydrogens (tertiary/aromatic N) is 4. The molecule has 2 aliphatic heterocycles. The molecule has 3 unspecified atom stereocenters. The molecule has 0 spiro atoms. The average molecular weight is 514 g/mol. The van der Waals surface area contributed by atoms with E-state index >= 15 is 0 Å². The third-order valence-corrected chi connectivity index (χ3v) is 6.91. The second-order valence-corrected chi connectivity index (χ2v) is 9.58. The minimum Gasteiger partial charge on any atom is -0.426 e. The molecule has 2 aromatic rings. The molecule has 4 rings (SSSR count). The second-order valence-electron chi connectivity index (χ2n) is 9.14. The Morgan fingerprint density at radius 3 is 2.61 bits per heavy atom. The third-order valence-electron chi connectivity index (χ3n) is 6.33. The lowest BCUT2D eigenvalue weighted by Gasteiger charge is -2.51. The number of fused-ring (bicyclic) bond motifs is 1. The number of hydrogen-bond donors (Lipinski definition) is 2. The number of urea groups is 1. The minimum atomic E-state index is -1.36. The molecule has 0 radical (unpaired) electrons. The molecular formula is C26H32ClN5O4. The summed E-state index contributed by atoms with van der Waals surface area (Å²) in [5.74, 6) is 0.0754. The largest absolute Gasteiger partial charge is 0.426 e. The highest BCUT2D eigenvalue weighted by Crippen LogP contribution is 2.44. The van der Waals surface area contributed by atoms with Crippen molar-refractivity contribution < 1.29 is 19.4 Å². The fourth-order valence-corrected chi connectivity index (χ4v) is 5.21. The van der Waals surface area contributed by atoms with Gasteiger partial charge in [0, 0.05) is 26.2 Å². The molecule has 3 atom stereocenters. The molecule has 2 N–H and O–H groups in total. The zero-order chi connectivity index (χ0) is 25.9. The van der Waals surface area contributed by atoms with Gasteiger partial charge < -0.3 is 20.1 Å². The number of benzene rings is 2. The first-order valence-corrected chi connectivity index (χ1v) is 12.5. The minimum absolute atomic E-state index is 0.0911. The molecule has 0 aromatic heterocycles. The van der Waals surface area contributed by atoms with E-state index in [4.69, 9.17) is 16.3 Å². The first-order valence-electron chi connectivity index (χ1n) is 12.0. The van der Waals surface area contributed by atoms with Crippen LogP contribution < -0.4 is 10.1 Å². The normalized spacial score (nSPS) is 22.4. The molecule has 0 saturated carbocycles. The van der Waals surface area contributed by atoms with Crippen LogP contribution >= 0.6 is 11.6 Å². The number of aliphatic hydroxyl groups is 1. The number of rotatable bonds is 9. The van der Waals surface area contributed by atoms with Gasteiger partial charge in [0.15, 0.2) is 11.7 Å². The maximum atomic E-state index is 13.6. The summed E-state index contributed by atoms with van der Waals surface area (Å²) in [6.07, 6.45) is 0.275. The Labute approximate surface area is 216 Å². The molecule has 10 heteroatoms. The van der Waals surface area contributed by atoms with E-state index < -0.39 is 29.0 Å². The molecule has 3 amide bonds. The molecule has 1 saturated heterocycles. The number of nitrogens with one attached hydrogen (secondary N) is 1. The molecule has 36 heavy (non-hydrogen) atoms. The Balaban J connectivity index is 1.73. The van der Waals surface area contributed by atoms with Crippen LogP contribution in [0.2, 0.25) is 0 Å². The number of ether oxygens (including phenoxy) is 1. The van der Waals surface area contributed by atoms with Gasteiger partial charge in [-0.3, -0.25) is 14.6 Å². The van der Waals surface area contributed by atoms with Gasteiger partial charge in [-0.2, -0.15) is 0 Å². The average Bonchev–Trinajstić information content (AvgIpc) is 3.24. The molecule has 9 nitrogen and oxygen atoms in total. The van der Waals surface area contributed by atoms with Crippen molar-refractivity contribution >= 4 is 29.6 Å². The van der Waals surface area contributed by atoms with Crippen LogP contribution in [0.15, 0.2) is 59.6 Å². The highest BCUT2D eigenvalue weighted by Gasteiger charge is 2.64. The number of amidine groups is 1. The number of aliphatic imine (C=N–C) groups is 1. The number of imide groups is 1. The molecule has 0 bridgehead atoms. The van der Waals surface area contributed by atoms with Crippen LogP contribution in [0.4, 0.5) is 4.79 Å². The standard InChI is InChI=1S/C26H32ClN5O4/c1-4-32-25(35)31(14-9-15-33)23(34)22-26(32,21(27)19-11-6-5-7-12-19)29-24(28-22)36-20-13-8-10-18(16-20)17-30(2)3/h5-8,10-13,16,21-22,33H,4,9,14-15,17H2,1-3H3,(H,28,29).